The van der Waals surface area contributed by atoms with Crippen LogP contribution in [0.3, 0.4) is 0 Å². The Morgan fingerprint density at radius 1 is 1.33 bits per heavy atom. The predicted octanol–water partition coefficient (Wildman–Crippen LogP) is 2.50. The lowest BCUT2D eigenvalue weighted by Crippen LogP contribution is -2.34. The molecule has 15 heavy (non-hydrogen) atoms. The zero-order valence-electron chi connectivity index (χ0n) is 10.8. The SMILES string of the molecule is CC(C)CCCNCCN1CCCC1C. The molecule has 90 valence electrons. The number of hydrogen-bond acceptors (Lipinski definition) is 2. The van der Waals surface area contributed by atoms with E-state index in [0.717, 1.165) is 12.0 Å². The largest absolute Gasteiger partial charge is 0.315 e. The van der Waals surface area contributed by atoms with E-state index in [9.17, 15) is 0 Å². The third-order valence-corrected chi connectivity index (χ3v) is 3.40. The quantitative estimate of drug-likeness (QED) is 0.652. The van der Waals surface area contributed by atoms with Crippen molar-refractivity contribution in [1.29, 1.82) is 0 Å². The van der Waals surface area contributed by atoms with E-state index in [2.05, 4.69) is 31.0 Å². The summed E-state index contributed by atoms with van der Waals surface area (Å²) in [7, 11) is 0. The second kappa shape index (κ2) is 7.24. The molecular weight excluding hydrogens is 184 g/mol. The molecule has 1 saturated heterocycles. The Kier molecular flexibility index (Phi) is 6.26. The normalized spacial score (nSPS) is 22.8. The number of hydrogen-bond donors (Lipinski definition) is 1. The van der Waals surface area contributed by atoms with Crippen LogP contribution in [0.1, 0.15) is 46.5 Å². The highest BCUT2D eigenvalue weighted by Crippen LogP contribution is 2.14. The van der Waals surface area contributed by atoms with E-state index in [1.165, 1.54) is 51.9 Å². The summed E-state index contributed by atoms with van der Waals surface area (Å²) in [5, 5.41) is 3.55. The molecule has 0 saturated carbocycles. The number of nitrogens with zero attached hydrogens (tertiary/aromatic N) is 1. The Labute approximate surface area is 95.4 Å². The van der Waals surface area contributed by atoms with Crippen LogP contribution in [-0.4, -0.2) is 37.1 Å². The van der Waals surface area contributed by atoms with Crippen molar-refractivity contribution in [2.24, 2.45) is 5.92 Å². The molecule has 2 heteroatoms. The topological polar surface area (TPSA) is 15.3 Å². The highest BCUT2D eigenvalue weighted by molar-refractivity contribution is 4.75. The van der Waals surface area contributed by atoms with Gasteiger partial charge >= 0.3 is 0 Å². The van der Waals surface area contributed by atoms with Gasteiger partial charge in [0, 0.05) is 19.1 Å². The molecule has 1 aliphatic heterocycles. The molecule has 0 aromatic heterocycles. The summed E-state index contributed by atoms with van der Waals surface area (Å²) in [6.07, 6.45) is 5.47. The van der Waals surface area contributed by atoms with Crippen molar-refractivity contribution in [1.82, 2.24) is 10.2 Å². The zero-order valence-corrected chi connectivity index (χ0v) is 10.8. The van der Waals surface area contributed by atoms with Crippen LogP contribution in [0.4, 0.5) is 0 Å². The van der Waals surface area contributed by atoms with Crippen LogP contribution in [0.5, 0.6) is 0 Å². The molecule has 1 N–H and O–H groups in total. The van der Waals surface area contributed by atoms with Gasteiger partial charge in [-0.1, -0.05) is 13.8 Å². The fourth-order valence-corrected chi connectivity index (χ4v) is 2.31. The van der Waals surface area contributed by atoms with E-state index in [0.29, 0.717) is 0 Å². The Morgan fingerprint density at radius 2 is 2.13 bits per heavy atom. The van der Waals surface area contributed by atoms with Crippen molar-refractivity contribution in [2.75, 3.05) is 26.2 Å². The highest BCUT2D eigenvalue weighted by atomic mass is 15.2. The smallest absolute Gasteiger partial charge is 0.0110 e. The minimum atomic E-state index is 0.822. The summed E-state index contributed by atoms with van der Waals surface area (Å²) >= 11 is 0. The average molecular weight is 212 g/mol. The summed E-state index contributed by atoms with van der Waals surface area (Å²) in [6.45, 7) is 11.9. The average Bonchev–Trinajstić information content (AvgIpc) is 2.57. The van der Waals surface area contributed by atoms with Gasteiger partial charge in [-0.25, -0.2) is 0 Å². The van der Waals surface area contributed by atoms with Crippen molar-refractivity contribution < 1.29 is 0 Å². The van der Waals surface area contributed by atoms with Gasteiger partial charge in [0.15, 0.2) is 0 Å². The molecule has 0 aromatic carbocycles. The molecular formula is C13H28N2. The monoisotopic (exact) mass is 212 g/mol. The van der Waals surface area contributed by atoms with E-state index >= 15 is 0 Å². The maximum Gasteiger partial charge on any atom is 0.0110 e. The first kappa shape index (κ1) is 13.0. The van der Waals surface area contributed by atoms with Crippen LogP contribution in [-0.2, 0) is 0 Å². The highest BCUT2D eigenvalue weighted by Gasteiger charge is 2.18. The van der Waals surface area contributed by atoms with Crippen LogP contribution in [0.2, 0.25) is 0 Å². The second-order valence-electron chi connectivity index (χ2n) is 5.31. The molecule has 1 atom stereocenters. The summed E-state index contributed by atoms with van der Waals surface area (Å²) in [5.41, 5.74) is 0. The lowest BCUT2D eigenvalue weighted by atomic mass is 10.1. The zero-order chi connectivity index (χ0) is 11.1. The van der Waals surface area contributed by atoms with Crippen LogP contribution >= 0.6 is 0 Å². The van der Waals surface area contributed by atoms with E-state index in [1.807, 2.05) is 0 Å². The Bertz CT molecular complexity index is 157. The van der Waals surface area contributed by atoms with E-state index < -0.39 is 0 Å². The summed E-state index contributed by atoms with van der Waals surface area (Å²) < 4.78 is 0. The molecule has 0 amide bonds. The Morgan fingerprint density at radius 3 is 2.73 bits per heavy atom. The number of rotatable bonds is 7. The van der Waals surface area contributed by atoms with Crippen molar-refractivity contribution in [2.45, 2.75) is 52.5 Å². The van der Waals surface area contributed by atoms with E-state index in [-0.39, 0.29) is 0 Å². The first-order valence-corrected chi connectivity index (χ1v) is 6.65. The van der Waals surface area contributed by atoms with E-state index in [4.69, 9.17) is 0 Å². The first-order valence-electron chi connectivity index (χ1n) is 6.65. The minimum absolute atomic E-state index is 0.822. The third-order valence-electron chi connectivity index (χ3n) is 3.40. The van der Waals surface area contributed by atoms with Gasteiger partial charge in [-0.3, -0.25) is 4.90 Å². The fourth-order valence-electron chi connectivity index (χ4n) is 2.31. The first-order chi connectivity index (χ1) is 7.20. The summed E-state index contributed by atoms with van der Waals surface area (Å²) in [4.78, 5) is 2.61. The van der Waals surface area contributed by atoms with Gasteiger partial charge in [-0.2, -0.15) is 0 Å². The minimum Gasteiger partial charge on any atom is -0.315 e. The lowest BCUT2D eigenvalue weighted by molar-refractivity contribution is 0.268. The molecule has 1 heterocycles. The van der Waals surface area contributed by atoms with Crippen molar-refractivity contribution in [3.8, 4) is 0 Å². The Hall–Kier alpha value is -0.0800. The van der Waals surface area contributed by atoms with Crippen molar-refractivity contribution in [3.05, 3.63) is 0 Å². The maximum absolute atomic E-state index is 3.55. The van der Waals surface area contributed by atoms with Gasteiger partial charge in [-0.05, 0) is 51.6 Å². The van der Waals surface area contributed by atoms with Gasteiger partial charge in [0.25, 0.3) is 0 Å². The Balaban J connectivity index is 1.88. The predicted molar refractivity (Wildman–Crippen MR) is 67.2 cm³/mol. The molecule has 1 aliphatic rings. The van der Waals surface area contributed by atoms with Gasteiger partial charge in [0.05, 0.1) is 0 Å². The van der Waals surface area contributed by atoms with Gasteiger partial charge < -0.3 is 5.32 Å². The standard InChI is InChI=1S/C13H28N2/c1-12(2)6-4-8-14-9-11-15-10-5-7-13(15)3/h12-14H,4-11H2,1-3H3. The molecule has 0 aromatic rings. The third kappa shape index (κ3) is 5.53. The van der Waals surface area contributed by atoms with Gasteiger partial charge in [0.1, 0.15) is 0 Å². The summed E-state index contributed by atoms with van der Waals surface area (Å²) in [6, 6.07) is 0.822. The van der Waals surface area contributed by atoms with Crippen LogP contribution in [0.15, 0.2) is 0 Å². The van der Waals surface area contributed by atoms with Gasteiger partial charge in [0.2, 0.25) is 0 Å². The van der Waals surface area contributed by atoms with Crippen LogP contribution < -0.4 is 5.32 Å². The maximum atomic E-state index is 3.55. The fraction of sp³-hybridized carbons (Fsp3) is 1.00. The molecule has 0 radical (unpaired) electrons. The van der Waals surface area contributed by atoms with Crippen LogP contribution in [0, 0.1) is 5.92 Å². The lowest BCUT2D eigenvalue weighted by Gasteiger charge is -2.20. The molecule has 1 unspecified atom stereocenters. The molecule has 2 nitrogen and oxygen atoms in total. The second-order valence-corrected chi connectivity index (χ2v) is 5.31. The molecule has 1 rings (SSSR count). The van der Waals surface area contributed by atoms with Crippen LogP contribution in [0.25, 0.3) is 0 Å². The molecule has 0 aliphatic carbocycles. The van der Waals surface area contributed by atoms with Crippen molar-refractivity contribution >= 4 is 0 Å². The summed E-state index contributed by atoms with van der Waals surface area (Å²) in [5.74, 6) is 0.852. The number of likely N-dealkylation sites (tertiary alicyclic amines) is 1. The molecule has 0 bridgehead atoms. The molecule has 0 spiro atoms. The van der Waals surface area contributed by atoms with Crippen molar-refractivity contribution in [3.63, 3.8) is 0 Å². The molecule has 1 fully saturated rings. The van der Waals surface area contributed by atoms with Gasteiger partial charge in [-0.15, -0.1) is 0 Å². The van der Waals surface area contributed by atoms with E-state index in [1.54, 1.807) is 0 Å². The number of nitrogens with one attached hydrogen (secondary N) is 1.